The summed E-state index contributed by atoms with van der Waals surface area (Å²) < 4.78 is 0. The van der Waals surface area contributed by atoms with Crippen molar-refractivity contribution in [2.24, 2.45) is 0 Å². The van der Waals surface area contributed by atoms with Crippen molar-refractivity contribution < 1.29 is 4.79 Å². The van der Waals surface area contributed by atoms with Gasteiger partial charge in [-0.05, 0) is 23.8 Å². The summed E-state index contributed by atoms with van der Waals surface area (Å²) in [6, 6.07) is 11.8. The second-order valence-electron chi connectivity index (χ2n) is 5.30. The maximum absolute atomic E-state index is 12.2. The number of para-hydroxylation sites is 2. The summed E-state index contributed by atoms with van der Waals surface area (Å²) in [7, 11) is 1.81. The first-order valence-corrected chi connectivity index (χ1v) is 8.52. The van der Waals surface area contributed by atoms with E-state index in [2.05, 4.69) is 15.0 Å². The summed E-state index contributed by atoms with van der Waals surface area (Å²) in [5.41, 5.74) is 3.05. The number of imidazole rings is 1. The number of nitrogens with zero attached hydrogens (tertiary/aromatic N) is 3. The number of hydrogen-bond acceptors (Lipinski definition) is 4. The Morgan fingerprint density at radius 1 is 1.26 bits per heavy atom. The summed E-state index contributed by atoms with van der Waals surface area (Å²) in [5, 5.41) is 0. The van der Waals surface area contributed by atoms with Crippen LogP contribution in [0.5, 0.6) is 0 Å². The monoisotopic (exact) mass is 326 g/mol. The Hall–Kier alpha value is -2.34. The molecule has 0 spiro atoms. The van der Waals surface area contributed by atoms with Crippen LogP contribution in [0.4, 0.5) is 0 Å². The molecule has 0 fully saturated rings. The molecule has 0 radical (unpaired) electrons. The van der Waals surface area contributed by atoms with Gasteiger partial charge in [0.15, 0.2) is 0 Å². The summed E-state index contributed by atoms with van der Waals surface area (Å²) in [5.74, 6) is 2.14. The third-order valence-electron chi connectivity index (χ3n) is 3.47. The van der Waals surface area contributed by atoms with Gasteiger partial charge in [-0.1, -0.05) is 18.2 Å². The molecule has 3 rings (SSSR count). The maximum Gasteiger partial charge on any atom is 0.232 e. The van der Waals surface area contributed by atoms with Gasteiger partial charge in [0.2, 0.25) is 5.91 Å². The van der Waals surface area contributed by atoms with E-state index < -0.39 is 0 Å². The van der Waals surface area contributed by atoms with E-state index in [1.54, 1.807) is 29.9 Å². The minimum Gasteiger partial charge on any atom is -0.340 e. The minimum atomic E-state index is 0.0966. The van der Waals surface area contributed by atoms with Crippen LogP contribution in [0, 0.1) is 0 Å². The summed E-state index contributed by atoms with van der Waals surface area (Å²) in [4.78, 5) is 25.7. The van der Waals surface area contributed by atoms with Crippen molar-refractivity contribution in [1.29, 1.82) is 0 Å². The van der Waals surface area contributed by atoms with E-state index in [0.29, 0.717) is 12.3 Å². The lowest BCUT2D eigenvalue weighted by Gasteiger charge is -2.15. The molecule has 3 aromatic rings. The second kappa shape index (κ2) is 7.28. The number of benzene rings is 1. The highest BCUT2D eigenvalue weighted by molar-refractivity contribution is 7.99. The summed E-state index contributed by atoms with van der Waals surface area (Å²) in [6.45, 7) is 0.487. The molecule has 0 unspecified atom stereocenters. The van der Waals surface area contributed by atoms with Crippen molar-refractivity contribution in [2.45, 2.75) is 12.3 Å². The normalized spacial score (nSPS) is 10.8. The number of aromatic nitrogens is 3. The van der Waals surface area contributed by atoms with Gasteiger partial charge in [0.25, 0.3) is 0 Å². The van der Waals surface area contributed by atoms with Gasteiger partial charge in [-0.3, -0.25) is 9.78 Å². The van der Waals surface area contributed by atoms with Crippen LogP contribution in [0.2, 0.25) is 0 Å². The van der Waals surface area contributed by atoms with Crippen molar-refractivity contribution in [3.05, 3.63) is 60.2 Å². The number of carbonyl (C=O) groups excluding carboxylic acids is 1. The predicted octanol–water partition coefficient (Wildman–Crippen LogP) is 2.85. The molecule has 118 valence electrons. The largest absolute Gasteiger partial charge is 0.340 e. The third kappa shape index (κ3) is 4.10. The molecule has 2 aromatic heterocycles. The van der Waals surface area contributed by atoms with Crippen molar-refractivity contribution in [3.8, 4) is 0 Å². The Balaban J connectivity index is 1.51. The van der Waals surface area contributed by atoms with Gasteiger partial charge in [0.1, 0.15) is 5.82 Å². The molecule has 0 aliphatic carbocycles. The van der Waals surface area contributed by atoms with Crippen LogP contribution in [0.15, 0.2) is 48.8 Å². The van der Waals surface area contributed by atoms with E-state index in [1.807, 2.05) is 42.6 Å². The van der Waals surface area contributed by atoms with Gasteiger partial charge >= 0.3 is 0 Å². The van der Waals surface area contributed by atoms with Crippen LogP contribution in [0.25, 0.3) is 11.0 Å². The first-order valence-electron chi connectivity index (χ1n) is 7.36. The molecular formula is C17H18N4OS. The van der Waals surface area contributed by atoms with Gasteiger partial charge in [0, 0.05) is 25.2 Å². The van der Waals surface area contributed by atoms with Crippen molar-refractivity contribution in [2.75, 3.05) is 12.8 Å². The Bertz CT molecular complexity index is 754. The number of nitrogens with one attached hydrogen (secondary N) is 1. The Morgan fingerprint density at radius 2 is 2.13 bits per heavy atom. The Labute approximate surface area is 139 Å². The van der Waals surface area contributed by atoms with Crippen molar-refractivity contribution in [3.63, 3.8) is 0 Å². The fraction of sp³-hybridized carbons (Fsp3) is 0.235. The van der Waals surface area contributed by atoms with Crippen LogP contribution in [-0.2, 0) is 17.1 Å². The van der Waals surface area contributed by atoms with Crippen molar-refractivity contribution >= 4 is 28.7 Å². The van der Waals surface area contributed by atoms with Crippen molar-refractivity contribution in [1.82, 2.24) is 19.9 Å². The Kier molecular flexibility index (Phi) is 4.92. The topological polar surface area (TPSA) is 61.9 Å². The molecule has 2 heterocycles. The van der Waals surface area contributed by atoms with Crippen LogP contribution in [-0.4, -0.2) is 38.6 Å². The number of amides is 1. The number of pyridine rings is 1. The molecule has 0 bridgehead atoms. The van der Waals surface area contributed by atoms with Crippen LogP contribution < -0.4 is 0 Å². The summed E-state index contributed by atoms with van der Waals surface area (Å²) >= 11 is 1.60. The van der Waals surface area contributed by atoms with E-state index in [9.17, 15) is 4.79 Å². The average Bonchev–Trinajstić information content (AvgIpc) is 2.98. The number of fused-ring (bicyclic) bond motifs is 1. The highest BCUT2D eigenvalue weighted by Gasteiger charge is 2.11. The summed E-state index contributed by atoms with van der Waals surface area (Å²) in [6.07, 6.45) is 3.58. The molecule has 5 nitrogen and oxygen atoms in total. The maximum atomic E-state index is 12.2. The lowest BCUT2D eigenvalue weighted by Crippen LogP contribution is -2.28. The molecular weight excluding hydrogens is 308 g/mol. The molecule has 23 heavy (non-hydrogen) atoms. The number of thioether (sulfide) groups is 1. The van der Waals surface area contributed by atoms with Crippen LogP contribution >= 0.6 is 11.8 Å². The lowest BCUT2D eigenvalue weighted by atomic mass is 10.3. The molecule has 0 aliphatic heterocycles. The Morgan fingerprint density at radius 3 is 2.91 bits per heavy atom. The molecule has 0 atom stereocenters. The first-order chi connectivity index (χ1) is 11.2. The van der Waals surface area contributed by atoms with Crippen LogP contribution in [0.1, 0.15) is 11.4 Å². The van der Waals surface area contributed by atoms with Crippen LogP contribution in [0.3, 0.4) is 0 Å². The van der Waals surface area contributed by atoms with Gasteiger partial charge in [-0.15, -0.1) is 11.8 Å². The molecule has 6 heteroatoms. The number of aromatic amines is 1. The number of carbonyl (C=O) groups is 1. The molecule has 1 N–H and O–H groups in total. The smallest absolute Gasteiger partial charge is 0.232 e. The van der Waals surface area contributed by atoms with Gasteiger partial charge in [0.05, 0.1) is 23.3 Å². The molecule has 0 aliphatic rings. The average molecular weight is 326 g/mol. The zero-order valence-corrected chi connectivity index (χ0v) is 13.7. The SMILES string of the molecule is CN(Cc1nc2ccccc2[nH]1)C(=O)CSCc1cccnc1. The van der Waals surface area contributed by atoms with E-state index in [0.717, 1.165) is 28.2 Å². The highest BCUT2D eigenvalue weighted by atomic mass is 32.2. The van der Waals surface area contributed by atoms with Gasteiger partial charge in [-0.2, -0.15) is 0 Å². The van der Waals surface area contributed by atoms with E-state index in [1.165, 1.54) is 0 Å². The number of hydrogen-bond donors (Lipinski definition) is 1. The van der Waals surface area contributed by atoms with E-state index >= 15 is 0 Å². The first kappa shape index (κ1) is 15.6. The lowest BCUT2D eigenvalue weighted by molar-refractivity contribution is -0.127. The van der Waals surface area contributed by atoms with E-state index in [4.69, 9.17) is 0 Å². The van der Waals surface area contributed by atoms with E-state index in [-0.39, 0.29) is 5.91 Å². The molecule has 1 amide bonds. The third-order valence-corrected chi connectivity index (χ3v) is 4.46. The highest BCUT2D eigenvalue weighted by Crippen LogP contribution is 2.14. The molecule has 1 aromatic carbocycles. The predicted molar refractivity (Wildman–Crippen MR) is 93.0 cm³/mol. The standard InChI is InChI=1S/C17H18N4OS/c1-21(10-16-19-14-6-2-3-7-15(14)20-16)17(22)12-23-11-13-5-4-8-18-9-13/h2-9H,10-12H2,1H3,(H,19,20). The molecule has 0 saturated heterocycles. The second-order valence-corrected chi connectivity index (χ2v) is 6.29. The fourth-order valence-electron chi connectivity index (χ4n) is 2.24. The zero-order valence-electron chi connectivity index (χ0n) is 12.9. The minimum absolute atomic E-state index is 0.0966. The fourth-order valence-corrected chi connectivity index (χ4v) is 3.15. The number of rotatable bonds is 6. The number of H-pyrrole nitrogens is 1. The zero-order chi connectivity index (χ0) is 16.1. The molecule has 0 saturated carbocycles. The quantitative estimate of drug-likeness (QED) is 0.756. The van der Waals surface area contributed by atoms with Gasteiger partial charge in [-0.25, -0.2) is 4.98 Å². The van der Waals surface area contributed by atoms with Gasteiger partial charge < -0.3 is 9.88 Å².